The Morgan fingerprint density at radius 1 is 0.762 bits per heavy atom. The normalized spacial score (nSPS) is 10.7. The van der Waals surface area contributed by atoms with Crippen LogP contribution in [0.5, 0.6) is 0 Å². The number of nitrogens with zero attached hydrogens (tertiary/aromatic N) is 2. The number of hydrogen-bond donors (Lipinski definition) is 0. The van der Waals surface area contributed by atoms with Crippen LogP contribution in [0.15, 0.2) is 78.7 Å². The van der Waals surface area contributed by atoms with E-state index in [0.717, 1.165) is 28.1 Å². The number of imidazole rings is 1. The summed E-state index contributed by atoms with van der Waals surface area (Å²) in [5.74, 6) is 5.08. The average molecular weight is 268 g/mol. The van der Waals surface area contributed by atoms with Crippen molar-refractivity contribution in [1.29, 1.82) is 0 Å². The van der Waals surface area contributed by atoms with Crippen LogP contribution in [-0.4, -0.2) is 16.5 Å². The van der Waals surface area contributed by atoms with E-state index in [9.17, 15) is 0 Å². The Morgan fingerprint density at radius 2 is 1.48 bits per heavy atom. The van der Waals surface area contributed by atoms with Gasteiger partial charge in [0.25, 0.3) is 0 Å². The first-order chi connectivity index (χ1) is 10.4. The summed E-state index contributed by atoms with van der Waals surface area (Å²) in [6.45, 7) is 2.03. The molecule has 0 aliphatic heterocycles. The Balaban J connectivity index is 2.07. The van der Waals surface area contributed by atoms with Crippen LogP contribution in [0.2, 0.25) is 0 Å². The summed E-state index contributed by atoms with van der Waals surface area (Å²) < 4.78 is 2.21. The van der Waals surface area contributed by atoms with E-state index in [1.54, 1.807) is 0 Å². The van der Waals surface area contributed by atoms with E-state index in [1.807, 2.05) is 31.2 Å². The minimum absolute atomic E-state index is 0.975. The molecule has 0 N–H and O–H groups in total. The summed E-state index contributed by atoms with van der Waals surface area (Å²) in [6, 6.07) is 22.8. The van der Waals surface area contributed by atoms with E-state index in [4.69, 9.17) is 4.98 Å². The Bertz CT molecular complexity index is 883. The molecule has 4 aromatic rings. The van der Waals surface area contributed by atoms with Crippen LogP contribution in [0, 0.1) is 0 Å². The van der Waals surface area contributed by atoms with Crippen molar-refractivity contribution in [3.05, 3.63) is 78.7 Å². The van der Waals surface area contributed by atoms with Gasteiger partial charge in [-0.3, -0.25) is 0 Å². The molecular formula is C18H13BN2. The molecule has 4 rings (SSSR count). The van der Waals surface area contributed by atoms with Crippen molar-refractivity contribution >= 4 is 17.9 Å². The molecule has 2 nitrogen and oxygen atoms in total. The number of fused-ring (bicyclic) bond motifs is 1. The molecule has 2 heterocycles. The second-order valence-electron chi connectivity index (χ2n) is 4.96. The van der Waals surface area contributed by atoms with Crippen molar-refractivity contribution in [2.24, 2.45) is 0 Å². The molecular weight excluding hydrogens is 255 g/mol. The Hall–Kier alpha value is -2.68. The fourth-order valence-electron chi connectivity index (χ4n) is 2.65. The zero-order valence-electron chi connectivity index (χ0n) is 11.5. The molecule has 0 radical (unpaired) electrons. The maximum atomic E-state index is 4.82. The SMILES string of the molecule is b1ccc(-n2c(-c3ccccc3)nc3ccccc32)cc1. The summed E-state index contributed by atoms with van der Waals surface area (Å²) in [6.07, 6.45) is 0. The van der Waals surface area contributed by atoms with Crippen LogP contribution in [0.25, 0.3) is 28.1 Å². The molecule has 0 saturated carbocycles. The van der Waals surface area contributed by atoms with Gasteiger partial charge < -0.3 is 0 Å². The maximum absolute atomic E-state index is 4.82. The van der Waals surface area contributed by atoms with Gasteiger partial charge in [-0.1, -0.05) is 0 Å². The van der Waals surface area contributed by atoms with Crippen molar-refractivity contribution in [2.45, 2.75) is 0 Å². The summed E-state index contributed by atoms with van der Waals surface area (Å²) in [5.41, 5.74) is 4.39. The van der Waals surface area contributed by atoms with Gasteiger partial charge in [0.1, 0.15) is 0 Å². The summed E-state index contributed by atoms with van der Waals surface area (Å²) in [4.78, 5) is 4.82. The molecule has 0 unspecified atom stereocenters. The number of rotatable bonds is 2. The van der Waals surface area contributed by atoms with Crippen LogP contribution in [0.1, 0.15) is 0 Å². The van der Waals surface area contributed by atoms with Gasteiger partial charge in [0.15, 0.2) is 0 Å². The summed E-state index contributed by atoms with van der Waals surface area (Å²) in [5, 5.41) is 0. The van der Waals surface area contributed by atoms with Crippen molar-refractivity contribution in [3.63, 3.8) is 0 Å². The molecule has 98 valence electrons. The monoisotopic (exact) mass is 268 g/mol. The predicted molar refractivity (Wildman–Crippen MR) is 87.9 cm³/mol. The second kappa shape index (κ2) is 5.02. The quantitative estimate of drug-likeness (QED) is 0.536. The van der Waals surface area contributed by atoms with E-state index >= 15 is 0 Å². The van der Waals surface area contributed by atoms with Gasteiger partial charge in [-0.15, -0.1) is 0 Å². The average Bonchev–Trinajstić information content (AvgIpc) is 2.96. The molecule has 0 amide bonds. The third-order valence-electron chi connectivity index (χ3n) is 3.61. The number of benzene rings is 2. The first kappa shape index (κ1) is 12.1. The zero-order chi connectivity index (χ0) is 14.1. The van der Waals surface area contributed by atoms with E-state index < -0.39 is 0 Å². The van der Waals surface area contributed by atoms with Crippen LogP contribution >= 0.6 is 0 Å². The van der Waals surface area contributed by atoms with Gasteiger partial charge in [0.05, 0.1) is 0 Å². The van der Waals surface area contributed by atoms with E-state index in [0.29, 0.717) is 0 Å². The van der Waals surface area contributed by atoms with Gasteiger partial charge in [-0.25, -0.2) is 0 Å². The van der Waals surface area contributed by atoms with Crippen LogP contribution in [-0.2, 0) is 0 Å². The fourth-order valence-corrected chi connectivity index (χ4v) is 2.65. The molecule has 2 aromatic carbocycles. The molecule has 0 saturated heterocycles. The van der Waals surface area contributed by atoms with Crippen molar-refractivity contribution in [1.82, 2.24) is 9.55 Å². The number of para-hydroxylation sites is 2. The van der Waals surface area contributed by atoms with Crippen LogP contribution in [0.3, 0.4) is 0 Å². The van der Waals surface area contributed by atoms with E-state index in [1.165, 1.54) is 0 Å². The minimum atomic E-state index is 0.975. The Kier molecular flexibility index (Phi) is 2.89. The fraction of sp³-hybridized carbons (Fsp3) is 0. The van der Waals surface area contributed by atoms with E-state index in [-0.39, 0.29) is 0 Å². The first-order valence-electron chi connectivity index (χ1n) is 7.02. The van der Waals surface area contributed by atoms with Gasteiger partial charge in [-0.05, 0) is 0 Å². The van der Waals surface area contributed by atoms with Gasteiger partial charge in [0.2, 0.25) is 0 Å². The second-order valence-corrected chi connectivity index (χ2v) is 4.96. The van der Waals surface area contributed by atoms with E-state index in [2.05, 4.69) is 59.0 Å². The third-order valence-corrected chi connectivity index (χ3v) is 3.61. The van der Waals surface area contributed by atoms with Crippen molar-refractivity contribution in [2.75, 3.05) is 0 Å². The molecule has 0 atom stereocenters. The molecule has 0 fully saturated rings. The Morgan fingerprint density at radius 3 is 2.29 bits per heavy atom. The summed E-state index contributed by atoms with van der Waals surface area (Å²) in [7, 11) is 0. The first-order valence-corrected chi connectivity index (χ1v) is 7.02. The van der Waals surface area contributed by atoms with Crippen molar-refractivity contribution < 1.29 is 0 Å². The Labute approximate surface area is 123 Å². The van der Waals surface area contributed by atoms with Crippen LogP contribution < -0.4 is 0 Å². The molecule has 21 heavy (non-hydrogen) atoms. The number of hydrogen-bond acceptors (Lipinski definition) is 1. The summed E-state index contributed by atoms with van der Waals surface area (Å²) >= 11 is 0. The molecule has 2 aromatic heterocycles. The number of aromatic nitrogens is 2. The zero-order valence-corrected chi connectivity index (χ0v) is 11.5. The van der Waals surface area contributed by atoms with Crippen LogP contribution in [0.4, 0.5) is 0 Å². The molecule has 0 aliphatic rings. The molecule has 0 spiro atoms. The van der Waals surface area contributed by atoms with Crippen molar-refractivity contribution in [3.8, 4) is 17.1 Å². The van der Waals surface area contributed by atoms with Gasteiger partial charge >= 0.3 is 123 Å². The molecule has 0 aliphatic carbocycles. The molecule has 0 bridgehead atoms. The standard InChI is InChI=1S/C18H13BN2/c1-2-6-14(7-3-1)18-20-16-8-4-5-9-17(16)21(18)15-10-12-19-13-11-15/h1-13H. The van der Waals surface area contributed by atoms with Gasteiger partial charge in [0, 0.05) is 0 Å². The third kappa shape index (κ3) is 2.07. The predicted octanol–water partition coefficient (Wildman–Crippen LogP) is 4.03. The topological polar surface area (TPSA) is 17.8 Å². The van der Waals surface area contributed by atoms with Gasteiger partial charge in [-0.2, -0.15) is 0 Å². The molecule has 3 heteroatoms.